The third kappa shape index (κ3) is 5.19. The second-order valence-electron chi connectivity index (χ2n) is 8.25. The van der Waals surface area contributed by atoms with Crippen molar-refractivity contribution < 1.29 is 8.42 Å². The van der Waals surface area contributed by atoms with Gasteiger partial charge < -0.3 is 15.1 Å². The molecular weight excluding hydrogens is 428 g/mol. The Morgan fingerprint density at radius 2 is 1.52 bits per heavy atom. The van der Waals surface area contributed by atoms with Crippen LogP contribution in [0.5, 0.6) is 0 Å². The van der Waals surface area contributed by atoms with Gasteiger partial charge in [-0.3, -0.25) is 0 Å². The molecule has 2 heterocycles. The van der Waals surface area contributed by atoms with E-state index in [2.05, 4.69) is 39.4 Å². The summed E-state index contributed by atoms with van der Waals surface area (Å²) in [6.45, 7) is 6.65. The molecule has 6 nitrogen and oxygen atoms in total. The molecule has 2 fully saturated rings. The van der Waals surface area contributed by atoms with E-state index in [1.807, 2.05) is 25.1 Å². The van der Waals surface area contributed by atoms with Gasteiger partial charge in [0.2, 0.25) is 10.0 Å². The minimum absolute atomic E-state index is 0.212. The molecule has 0 unspecified atom stereocenters. The normalized spacial score (nSPS) is 18.7. The molecule has 1 N–H and O–H groups in total. The van der Waals surface area contributed by atoms with E-state index >= 15 is 0 Å². The van der Waals surface area contributed by atoms with Crippen molar-refractivity contribution in [2.24, 2.45) is 0 Å². The van der Waals surface area contributed by atoms with Gasteiger partial charge in [0.15, 0.2) is 5.11 Å². The summed E-state index contributed by atoms with van der Waals surface area (Å²) in [5.74, 6) is 0. The van der Waals surface area contributed by atoms with Gasteiger partial charge in [0.25, 0.3) is 0 Å². The number of thiocarbonyl (C=S) groups is 1. The minimum Gasteiger partial charge on any atom is -0.368 e. The summed E-state index contributed by atoms with van der Waals surface area (Å²) in [5.41, 5.74) is 2.31. The second-order valence-corrected chi connectivity index (χ2v) is 10.6. The lowest BCUT2D eigenvalue weighted by molar-refractivity contribution is 0.297. The van der Waals surface area contributed by atoms with Gasteiger partial charge in [-0.2, -0.15) is 4.31 Å². The van der Waals surface area contributed by atoms with Crippen LogP contribution in [0.25, 0.3) is 0 Å². The Bertz CT molecular complexity index is 980. The number of piperazine rings is 1. The highest BCUT2D eigenvalue weighted by molar-refractivity contribution is 7.89. The van der Waals surface area contributed by atoms with Gasteiger partial charge in [-0.05, 0) is 56.2 Å². The van der Waals surface area contributed by atoms with Crippen LogP contribution < -0.4 is 10.2 Å². The summed E-state index contributed by atoms with van der Waals surface area (Å²) in [7, 11) is -3.43. The van der Waals surface area contributed by atoms with Gasteiger partial charge in [-0.1, -0.05) is 35.9 Å². The predicted octanol–water partition coefficient (Wildman–Crippen LogP) is 2.84. The molecule has 166 valence electrons. The predicted molar refractivity (Wildman–Crippen MR) is 129 cm³/mol. The lowest BCUT2D eigenvalue weighted by Crippen LogP contribution is -2.55. The lowest BCUT2D eigenvalue weighted by Gasteiger charge is -2.39. The zero-order chi connectivity index (χ0) is 21.8. The number of anilines is 1. The van der Waals surface area contributed by atoms with Crippen LogP contribution in [0.15, 0.2) is 59.5 Å². The van der Waals surface area contributed by atoms with Crippen LogP contribution in [0.1, 0.15) is 18.4 Å². The molecule has 2 aromatic carbocycles. The van der Waals surface area contributed by atoms with Gasteiger partial charge in [-0.15, -0.1) is 0 Å². The second kappa shape index (κ2) is 9.54. The Morgan fingerprint density at radius 3 is 2.13 bits per heavy atom. The van der Waals surface area contributed by atoms with E-state index in [0.29, 0.717) is 18.0 Å². The quantitative estimate of drug-likeness (QED) is 0.711. The fourth-order valence-electron chi connectivity index (χ4n) is 4.17. The van der Waals surface area contributed by atoms with E-state index in [1.54, 1.807) is 16.4 Å². The van der Waals surface area contributed by atoms with E-state index < -0.39 is 10.0 Å². The number of sulfonamides is 1. The van der Waals surface area contributed by atoms with E-state index in [0.717, 1.165) is 49.7 Å². The number of nitrogens with one attached hydrogen (secondary N) is 1. The maximum absolute atomic E-state index is 12.9. The van der Waals surface area contributed by atoms with Gasteiger partial charge in [0, 0.05) is 51.0 Å². The summed E-state index contributed by atoms with van der Waals surface area (Å²) < 4.78 is 27.4. The summed E-state index contributed by atoms with van der Waals surface area (Å²) in [5, 5.41) is 4.26. The number of piperidine rings is 1. The molecule has 0 atom stereocenters. The summed E-state index contributed by atoms with van der Waals surface area (Å²) in [6, 6.07) is 17.8. The third-order valence-corrected chi connectivity index (χ3v) is 8.42. The highest BCUT2D eigenvalue weighted by atomic mass is 32.2. The Labute approximate surface area is 190 Å². The molecular formula is C23H30N4O2S2. The first-order valence-electron chi connectivity index (χ1n) is 10.9. The van der Waals surface area contributed by atoms with Crippen LogP contribution in [-0.4, -0.2) is 68.0 Å². The SMILES string of the molecule is Cc1ccc(S(=O)(=O)N2CCC(NC(=S)N3CCN(c4ccccc4)CC3)CC2)cc1. The maximum atomic E-state index is 12.9. The molecule has 31 heavy (non-hydrogen) atoms. The molecule has 8 heteroatoms. The highest BCUT2D eigenvalue weighted by Crippen LogP contribution is 2.22. The van der Waals surface area contributed by atoms with Gasteiger partial charge >= 0.3 is 0 Å². The smallest absolute Gasteiger partial charge is 0.243 e. The monoisotopic (exact) mass is 458 g/mol. The molecule has 2 saturated heterocycles. The summed E-state index contributed by atoms with van der Waals surface area (Å²) >= 11 is 5.67. The molecule has 2 aromatic rings. The largest absolute Gasteiger partial charge is 0.368 e. The molecule has 0 amide bonds. The molecule has 0 bridgehead atoms. The van der Waals surface area contributed by atoms with Crippen LogP contribution in [0, 0.1) is 6.92 Å². The highest BCUT2D eigenvalue weighted by Gasteiger charge is 2.30. The topological polar surface area (TPSA) is 55.9 Å². The lowest BCUT2D eigenvalue weighted by atomic mass is 10.1. The number of benzene rings is 2. The molecule has 4 rings (SSSR count). The average molecular weight is 459 g/mol. The van der Waals surface area contributed by atoms with Crippen molar-refractivity contribution in [1.82, 2.24) is 14.5 Å². The Balaban J connectivity index is 1.25. The summed E-state index contributed by atoms with van der Waals surface area (Å²) in [4.78, 5) is 4.98. The van der Waals surface area contributed by atoms with Crippen molar-refractivity contribution in [3.05, 3.63) is 60.2 Å². The number of aryl methyl sites for hydroxylation is 1. The van der Waals surface area contributed by atoms with Crippen molar-refractivity contribution in [2.45, 2.75) is 30.7 Å². The fourth-order valence-corrected chi connectivity index (χ4v) is 5.99. The Kier molecular flexibility index (Phi) is 6.79. The molecule has 0 radical (unpaired) electrons. The van der Waals surface area contributed by atoms with E-state index in [-0.39, 0.29) is 6.04 Å². The van der Waals surface area contributed by atoms with Gasteiger partial charge in [0.1, 0.15) is 0 Å². The standard InChI is InChI=1S/C23H30N4O2S2/c1-19-7-9-22(10-8-19)31(28,29)27-13-11-20(12-14-27)24-23(30)26-17-15-25(16-18-26)21-5-3-2-4-6-21/h2-10,20H,11-18H2,1H3,(H,24,30). The van der Waals surface area contributed by atoms with E-state index in [1.165, 1.54) is 5.69 Å². The van der Waals surface area contributed by atoms with Gasteiger partial charge in [-0.25, -0.2) is 8.42 Å². The van der Waals surface area contributed by atoms with Crippen LogP contribution in [-0.2, 0) is 10.0 Å². The van der Waals surface area contributed by atoms with E-state index in [4.69, 9.17) is 12.2 Å². The van der Waals surface area contributed by atoms with Crippen LogP contribution >= 0.6 is 12.2 Å². The maximum Gasteiger partial charge on any atom is 0.243 e. The first-order valence-corrected chi connectivity index (χ1v) is 12.7. The van der Waals surface area contributed by atoms with Crippen molar-refractivity contribution in [3.8, 4) is 0 Å². The fraction of sp³-hybridized carbons (Fsp3) is 0.435. The van der Waals surface area contributed by atoms with Crippen molar-refractivity contribution in [1.29, 1.82) is 0 Å². The van der Waals surface area contributed by atoms with Crippen LogP contribution in [0.2, 0.25) is 0 Å². The third-order valence-electron chi connectivity index (χ3n) is 6.13. The van der Waals surface area contributed by atoms with Crippen molar-refractivity contribution in [2.75, 3.05) is 44.2 Å². The van der Waals surface area contributed by atoms with Gasteiger partial charge in [0.05, 0.1) is 4.90 Å². The first-order chi connectivity index (χ1) is 14.9. The first kappa shape index (κ1) is 22.0. The minimum atomic E-state index is -3.43. The van der Waals surface area contributed by atoms with Crippen molar-refractivity contribution >= 4 is 33.0 Å². The Hall–Kier alpha value is -2.16. The van der Waals surface area contributed by atoms with Crippen LogP contribution in [0.3, 0.4) is 0 Å². The van der Waals surface area contributed by atoms with Crippen LogP contribution in [0.4, 0.5) is 5.69 Å². The van der Waals surface area contributed by atoms with Crippen molar-refractivity contribution in [3.63, 3.8) is 0 Å². The molecule has 0 aliphatic carbocycles. The number of nitrogens with zero attached hydrogens (tertiary/aromatic N) is 3. The zero-order valence-corrected chi connectivity index (χ0v) is 19.5. The molecule has 2 aliphatic heterocycles. The number of para-hydroxylation sites is 1. The zero-order valence-electron chi connectivity index (χ0n) is 17.9. The molecule has 0 aromatic heterocycles. The number of hydrogen-bond acceptors (Lipinski definition) is 4. The Morgan fingerprint density at radius 1 is 0.903 bits per heavy atom. The number of hydrogen-bond donors (Lipinski definition) is 1. The van der Waals surface area contributed by atoms with E-state index in [9.17, 15) is 8.42 Å². The number of rotatable bonds is 4. The molecule has 0 spiro atoms. The summed E-state index contributed by atoms with van der Waals surface area (Å²) in [6.07, 6.45) is 1.52. The average Bonchev–Trinajstić information content (AvgIpc) is 2.80. The molecule has 2 aliphatic rings. The molecule has 0 saturated carbocycles.